The van der Waals surface area contributed by atoms with Gasteiger partial charge in [0.05, 0.1) is 11.4 Å². The molecule has 0 aliphatic heterocycles. The van der Waals surface area contributed by atoms with E-state index in [0.29, 0.717) is 6.42 Å². The van der Waals surface area contributed by atoms with Crippen LogP contribution in [0, 0.1) is 6.92 Å². The lowest BCUT2D eigenvalue weighted by Crippen LogP contribution is -2.23. The van der Waals surface area contributed by atoms with E-state index in [0.717, 1.165) is 28.1 Å². The highest BCUT2D eigenvalue weighted by molar-refractivity contribution is 5.82. The van der Waals surface area contributed by atoms with Gasteiger partial charge in [0, 0.05) is 24.4 Å². The van der Waals surface area contributed by atoms with Crippen LogP contribution in [0.25, 0.3) is 11.1 Å². The lowest BCUT2D eigenvalue weighted by atomic mass is 9.99. The first kappa shape index (κ1) is 16.0. The molecule has 5 heteroatoms. The summed E-state index contributed by atoms with van der Waals surface area (Å²) in [5.74, 6) is 0. The number of carbonyl (C=O) groups excluding carboxylic acids is 1. The number of nitrogens with zero attached hydrogens (tertiary/aromatic N) is 4. The second-order valence-electron chi connectivity index (χ2n) is 6.08. The number of hydrogen-bond acceptors (Lipinski definition) is 3. The molecule has 0 spiro atoms. The van der Waals surface area contributed by atoms with E-state index in [-0.39, 0.29) is 6.03 Å². The summed E-state index contributed by atoms with van der Waals surface area (Å²) in [6, 6.07) is 21.6. The molecule has 0 saturated carbocycles. The molecule has 4 rings (SSSR count). The van der Waals surface area contributed by atoms with Gasteiger partial charge in [-0.25, -0.2) is 4.79 Å². The predicted molar refractivity (Wildman–Crippen MR) is 100 cm³/mol. The smallest absolute Gasteiger partial charge is 0.244 e. The first-order chi connectivity index (χ1) is 12.7. The SMILES string of the molecule is Cc1nn(C(=O)n2cccn2)c(Cc2ccccc2)c1-c1ccccc1. The second-order valence-corrected chi connectivity index (χ2v) is 6.08. The van der Waals surface area contributed by atoms with Gasteiger partial charge in [-0.15, -0.1) is 0 Å². The zero-order chi connectivity index (χ0) is 17.9. The fourth-order valence-corrected chi connectivity index (χ4v) is 3.15. The molecule has 0 amide bonds. The highest BCUT2D eigenvalue weighted by Gasteiger charge is 2.22. The monoisotopic (exact) mass is 342 g/mol. The zero-order valence-electron chi connectivity index (χ0n) is 14.4. The van der Waals surface area contributed by atoms with Crippen molar-refractivity contribution < 1.29 is 4.79 Å². The molecule has 0 fully saturated rings. The Morgan fingerprint density at radius 3 is 2.31 bits per heavy atom. The normalized spacial score (nSPS) is 10.8. The van der Waals surface area contributed by atoms with Crippen LogP contribution in [0.3, 0.4) is 0 Å². The van der Waals surface area contributed by atoms with Crippen LogP contribution in [0.15, 0.2) is 79.1 Å². The molecule has 0 radical (unpaired) electrons. The number of benzene rings is 2. The van der Waals surface area contributed by atoms with Crippen molar-refractivity contribution in [1.82, 2.24) is 19.6 Å². The van der Waals surface area contributed by atoms with Crippen molar-refractivity contribution in [2.24, 2.45) is 0 Å². The van der Waals surface area contributed by atoms with Crippen LogP contribution >= 0.6 is 0 Å². The molecule has 0 aliphatic carbocycles. The van der Waals surface area contributed by atoms with Crippen molar-refractivity contribution in [1.29, 1.82) is 0 Å². The van der Waals surface area contributed by atoms with Crippen molar-refractivity contribution in [3.05, 3.63) is 96.1 Å². The van der Waals surface area contributed by atoms with E-state index in [9.17, 15) is 4.79 Å². The minimum atomic E-state index is -0.286. The minimum absolute atomic E-state index is 0.286. The van der Waals surface area contributed by atoms with Gasteiger partial charge in [-0.05, 0) is 24.1 Å². The molecule has 2 aromatic carbocycles. The Hall–Kier alpha value is -3.47. The highest BCUT2D eigenvalue weighted by atomic mass is 16.2. The first-order valence-corrected chi connectivity index (χ1v) is 8.46. The molecule has 26 heavy (non-hydrogen) atoms. The molecular weight excluding hydrogens is 324 g/mol. The molecule has 2 heterocycles. The van der Waals surface area contributed by atoms with Gasteiger partial charge < -0.3 is 0 Å². The average molecular weight is 342 g/mol. The van der Waals surface area contributed by atoms with Gasteiger partial charge in [0.2, 0.25) is 0 Å². The summed E-state index contributed by atoms with van der Waals surface area (Å²) in [6.45, 7) is 1.93. The largest absolute Gasteiger partial charge is 0.369 e. The molecule has 0 atom stereocenters. The second kappa shape index (κ2) is 6.80. The fraction of sp³-hybridized carbons (Fsp3) is 0.0952. The molecule has 128 valence electrons. The Balaban J connectivity index is 1.87. The molecule has 0 unspecified atom stereocenters. The van der Waals surface area contributed by atoms with Crippen LogP contribution in [-0.2, 0) is 6.42 Å². The number of carbonyl (C=O) groups is 1. The van der Waals surface area contributed by atoms with Gasteiger partial charge in [-0.2, -0.15) is 19.6 Å². The summed E-state index contributed by atoms with van der Waals surface area (Å²) < 4.78 is 2.77. The zero-order valence-corrected chi connectivity index (χ0v) is 14.4. The molecule has 0 N–H and O–H groups in total. The maximum absolute atomic E-state index is 12.9. The van der Waals surface area contributed by atoms with Gasteiger partial charge in [-0.3, -0.25) is 0 Å². The summed E-state index contributed by atoms with van der Waals surface area (Å²) in [6.07, 6.45) is 3.83. The fourth-order valence-electron chi connectivity index (χ4n) is 3.15. The van der Waals surface area contributed by atoms with Gasteiger partial charge in [-0.1, -0.05) is 60.7 Å². The summed E-state index contributed by atoms with van der Waals surface area (Å²) >= 11 is 0. The van der Waals surface area contributed by atoms with E-state index in [4.69, 9.17) is 0 Å². The number of aryl methyl sites for hydroxylation is 1. The highest BCUT2D eigenvalue weighted by Crippen LogP contribution is 2.29. The Morgan fingerprint density at radius 1 is 0.962 bits per heavy atom. The average Bonchev–Trinajstić information content (AvgIpc) is 3.31. The summed E-state index contributed by atoms with van der Waals surface area (Å²) in [7, 11) is 0. The quantitative estimate of drug-likeness (QED) is 0.562. The van der Waals surface area contributed by atoms with Crippen molar-refractivity contribution >= 4 is 6.03 Å². The molecule has 0 saturated heterocycles. The molecule has 4 aromatic rings. The lowest BCUT2D eigenvalue weighted by molar-refractivity contribution is 0.237. The van der Waals surface area contributed by atoms with Crippen molar-refractivity contribution in [3.8, 4) is 11.1 Å². The topological polar surface area (TPSA) is 52.7 Å². The van der Waals surface area contributed by atoms with Crippen LogP contribution < -0.4 is 0 Å². The van der Waals surface area contributed by atoms with Crippen LogP contribution in [0.1, 0.15) is 17.0 Å². The maximum atomic E-state index is 12.9. The van der Waals surface area contributed by atoms with Crippen molar-refractivity contribution in [3.63, 3.8) is 0 Å². The van der Waals surface area contributed by atoms with Gasteiger partial charge in [0.15, 0.2) is 0 Å². The number of rotatable bonds is 3. The molecule has 0 aliphatic rings. The van der Waals surface area contributed by atoms with E-state index in [1.165, 1.54) is 9.36 Å². The third-order valence-corrected chi connectivity index (χ3v) is 4.31. The summed E-state index contributed by atoms with van der Waals surface area (Å²) in [5, 5.41) is 8.60. The third kappa shape index (κ3) is 2.95. The van der Waals surface area contributed by atoms with E-state index < -0.39 is 0 Å². The van der Waals surface area contributed by atoms with Gasteiger partial charge in [0.1, 0.15) is 0 Å². The van der Waals surface area contributed by atoms with Gasteiger partial charge in [0.25, 0.3) is 0 Å². The first-order valence-electron chi connectivity index (χ1n) is 8.46. The Morgan fingerprint density at radius 2 is 1.65 bits per heavy atom. The van der Waals surface area contributed by atoms with E-state index in [1.807, 2.05) is 55.5 Å². The Labute approximate surface area is 151 Å². The summed E-state index contributed by atoms with van der Waals surface area (Å²) in [4.78, 5) is 12.9. The Bertz CT molecular complexity index is 1020. The van der Waals surface area contributed by atoms with Gasteiger partial charge >= 0.3 is 6.03 Å². The molecule has 5 nitrogen and oxygen atoms in total. The predicted octanol–water partition coefficient (Wildman–Crippen LogP) is 4.16. The number of hydrogen-bond donors (Lipinski definition) is 0. The van der Waals surface area contributed by atoms with E-state index in [2.05, 4.69) is 22.3 Å². The molecule has 0 bridgehead atoms. The van der Waals surface area contributed by atoms with E-state index >= 15 is 0 Å². The third-order valence-electron chi connectivity index (χ3n) is 4.31. The minimum Gasteiger partial charge on any atom is -0.244 e. The summed E-state index contributed by atoms with van der Waals surface area (Å²) in [5.41, 5.74) is 4.85. The van der Waals surface area contributed by atoms with E-state index in [1.54, 1.807) is 18.5 Å². The maximum Gasteiger partial charge on any atom is 0.369 e. The molecular formula is C21H18N4O. The Kier molecular flexibility index (Phi) is 4.19. The van der Waals surface area contributed by atoms with Crippen molar-refractivity contribution in [2.45, 2.75) is 13.3 Å². The standard InChI is InChI=1S/C21H18N4O/c1-16-20(18-11-6-3-7-12-18)19(15-17-9-4-2-5-10-17)25(23-16)21(26)24-14-8-13-22-24/h2-14H,15H2,1H3. The van der Waals surface area contributed by atoms with Crippen LogP contribution in [0.2, 0.25) is 0 Å². The van der Waals surface area contributed by atoms with Crippen LogP contribution in [0.4, 0.5) is 4.79 Å². The lowest BCUT2D eigenvalue weighted by Gasteiger charge is -2.09. The van der Waals surface area contributed by atoms with Crippen molar-refractivity contribution in [2.75, 3.05) is 0 Å². The number of aromatic nitrogens is 4. The molecule has 2 aromatic heterocycles. The van der Waals surface area contributed by atoms with Crippen LogP contribution in [-0.4, -0.2) is 25.6 Å². The van der Waals surface area contributed by atoms with Crippen LogP contribution in [0.5, 0.6) is 0 Å².